The zero-order valence-corrected chi connectivity index (χ0v) is 21.7. The fraction of sp³-hybridized carbons (Fsp3) is 0.0556. The molecule has 0 unspecified atom stereocenters. The molecule has 0 atom stereocenters. The van der Waals surface area contributed by atoms with Gasteiger partial charge in [0, 0.05) is 27.7 Å². The van der Waals surface area contributed by atoms with Crippen LogP contribution in [0.15, 0.2) is 127 Å². The van der Waals surface area contributed by atoms with E-state index in [1.807, 2.05) is 6.07 Å². The standard InChI is InChI=1S/C36H26N2O2/c1-3-11-23(12-4-1)35-33(26-15-7-9-17-28(26)37-35)32(25-19-20-30-31(21-25)40-22-39-30)34-27-16-8-10-18-29(27)38-36(34)24-13-5-2-6-14-24/h1-21,32,37-38H,22H2. The molecule has 0 aliphatic carbocycles. The average molecular weight is 519 g/mol. The summed E-state index contributed by atoms with van der Waals surface area (Å²) in [7, 11) is 0. The van der Waals surface area contributed by atoms with Crippen LogP contribution in [0.25, 0.3) is 44.3 Å². The Morgan fingerprint density at radius 3 is 1.57 bits per heavy atom. The quantitative estimate of drug-likeness (QED) is 0.239. The summed E-state index contributed by atoms with van der Waals surface area (Å²) in [4.78, 5) is 7.57. The Morgan fingerprint density at radius 1 is 0.500 bits per heavy atom. The molecule has 0 saturated carbocycles. The third kappa shape index (κ3) is 3.61. The van der Waals surface area contributed by atoms with E-state index in [2.05, 4.69) is 131 Å². The Hall–Kier alpha value is -5.22. The molecule has 4 heteroatoms. The van der Waals surface area contributed by atoms with Gasteiger partial charge >= 0.3 is 0 Å². The van der Waals surface area contributed by atoms with E-state index in [4.69, 9.17) is 9.47 Å². The predicted octanol–water partition coefficient (Wildman–Crippen LogP) is 8.89. The second-order valence-corrected chi connectivity index (χ2v) is 10.2. The minimum Gasteiger partial charge on any atom is -0.454 e. The normalized spacial score (nSPS) is 12.5. The molecule has 8 rings (SSSR count). The molecule has 0 radical (unpaired) electrons. The molecular formula is C36H26N2O2. The number of ether oxygens (including phenoxy) is 2. The Bertz CT molecular complexity index is 1870. The van der Waals surface area contributed by atoms with Crippen LogP contribution in [0, 0.1) is 0 Å². The number of H-pyrrole nitrogens is 2. The van der Waals surface area contributed by atoms with Gasteiger partial charge in [0.2, 0.25) is 6.79 Å². The predicted molar refractivity (Wildman–Crippen MR) is 161 cm³/mol. The van der Waals surface area contributed by atoms with Gasteiger partial charge in [-0.05, 0) is 52.1 Å². The summed E-state index contributed by atoms with van der Waals surface area (Å²) in [5.41, 5.74) is 10.4. The van der Waals surface area contributed by atoms with Gasteiger partial charge in [0.05, 0.1) is 11.4 Å². The van der Waals surface area contributed by atoms with Gasteiger partial charge in [0.25, 0.3) is 0 Å². The Morgan fingerprint density at radius 2 is 1.00 bits per heavy atom. The summed E-state index contributed by atoms with van der Waals surface area (Å²) in [5, 5.41) is 2.40. The molecule has 0 spiro atoms. The monoisotopic (exact) mass is 518 g/mol. The van der Waals surface area contributed by atoms with Crippen molar-refractivity contribution in [3.8, 4) is 34.0 Å². The van der Waals surface area contributed by atoms with Crippen LogP contribution in [0.5, 0.6) is 11.5 Å². The second kappa shape index (κ2) is 9.21. The summed E-state index contributed by atoms with van der Waals surface area (Å²) >= 11 is 0. The number of benzene rings is 5. The fourth-order valence-electron chi connectivity index (χ4n) is 6.16. The minimum atomic E-state index is -0.104. The number of aromatic amines is 2. The molecule has 0 amide bonds. The molecule has 0 bridgehead atoms. The number of aromatic nitrogens is 2. The van der Waals surface area contributed by atoms with Gasteiger partial charge in [-0.3, -0.25) is 0 Å². The van der Waals surface area contributed by atoms with E-state index in [1.165, 1.54) is 21.9 Å². The van der Waals surface area contributed by atoms with Crippen molar-refractivity contribution in [1.82, 2.24) is 9.97 Å². The van der Waals surface area contributed by atoms with Gasteiger partial charge in [-0.15, -0.1) is 0 Å². The summed E-state index contributed by atoms with van der Waals surface area (Å²) in [5.74, 6) is 1.46. The number of hydrogen-bond acceptors (Lipinski definition) is 2. The lowest BCUT2D eigenvalue weighted by Crippen LogP contribution is -2.06. The van der Waals surface area contributed by atoms with E-state index < -0.39 is 0 Å². The first-order valence-electron chi connectivity index (χ1n) is 13.6. The lowest BCUT2D eigenvalue weighted by Gasteiger charge is -2.22. The van der Waals surface area contributed by atoms with Crippen molar-refractivity contribution in [3.05, 3.63) is 144 Å². The van der Waals surface area contributed by atoms with Crippen LogP contribution >= 0.6 is 0 Å². The molecule has 192 valence electrons. The van der Waals surface area contributed by atoms with Crippen molar-refractivity contribution in [1.29, 1.82) is 0 Å². The summed E-state index contributed by atoms with van der Waals surface area (Å²) in [6.07, 6.45) is 0. The molecule has 2 aromatic heterocycles. The summed E-state index contributed by atoms with van der Waals surface area (Å²) in [6, 6.07) is 44.8. The molecule has 0 saturated heterocycles. The molecule has 5 aromatic carbocycles. The van der Waals surface area contributed by atoms with E-state index in [0.717, 1.165) is 50.6 Å². The molecular weight excluding hydrogens is 492 g/mol. The molecule has 40 heavy (non-hydrogen) atoms. The highest BCUT2D eigenvalue weighted by molar-refractivity contribution is 5.97. The lowest BCUT2D eigenvalue weighted by atomic mass is 9.80. The Kier molecular flexibility index (Phi) is 5.23. The average Bonchev–Trinajstić information content (AvgIpc) is 3.74. The van der Waals surface area contributed by atoms with Crippen LogP contribution in [0.3, 0.4) is 0 Å². The summed E-state index contributed by atoms with van der Waals surface area (Å²) < 4.78 is 11.6. The van der Waals surface area contributed by atoms with Gasteiger partial charge in [-0.25, -0.2) is 0 Å². The first kappa shape index (κ1) is 22.7. The molecule has 1 aliphatic heterocycles. The van der Waals surface area contributed by atoms with Gasteiger partial charge in [0.15, 0.2) is 11.5 Å². The highest BCUT2D eigenvalue weighted by atomic mass is 16.7. The van der Waals surface area contributed by atoms with Crippen molar-refractivity contribution < 1.29 is 9.47 Å². The van der Waals surface area contributed by atoms with Gasteiger partial charge < -0.3 is 19.4 Å². The highest BCUT2D eigenvalue weighted by Crippen LogP contribution is 2.49. The zero-order chi connectivity index (χ0) is 26.5. The van der Waals surface area contributed by atoms with E-state index >= 15 is 0 Å². The van der Waals surface area contributed by atoms with Crippen LogP contribution in [0.4, 0.5) is 0 Å². The zero-order valence-electron chi connectivity index (χ0n) is 21.7. The molecule has 7 aromatic rings. The largest absolute Gasteiger partial charge is 0.454 e. The smallest absolute Gasteiger partial charge is 0.231 e. The van der Waals surface area contributed by atoms with E-state index in [0.29, 0.717) is 0 Å². The van der Waals surface area contributed by atoms with Crippen molar-refractivity contribution in [2.45, 2.75) is 5.92 Å². The first-order valence-corrected chi connectivity index (χ1v) is 13.6. The lowest BCUT2D eigenvalue weighted by molar-refractivity contribution is 0.174. The molecule has 2 N–H and O–H groups in total. The van der Waals surface area contributed by atoms with Crippen molar-refractivity contribution in [2.24, 2.45) is 0 Å². The third-order valence-corrected chi connectivity index (χ3v) is 7.92. The van der Waals surface area contributed by atoms with E-state index in [9.17, 15) is 0 Å². The highest BCUT2D eigenvalue weighted by Gasteiger charge is 2.31. The van der Waals surface area contributed by atoms with Crippen LogP contribution in [-0.4, -0.2) is 16.8 Å². The maximum Gasteiger partial charge on any atom is 0.231 e. The Labute approximate surface area is 231 Å². The minimum absolute atomic E-state index is 0.104. The topological polar surface area (TPSA) is 50.0 Å². The van der Waals surface area contributed by atoms with Crippen LogP contribution in [0.2, 0.25) is 0 Å². The first-order chi connectivity index (χ1) is 19.8. The van der Waals surface area contributed by atoms with Crippen molar-refractivity contribution in [2.75, 3.05) is 6.79 Å². The number of para-hydroxylation sites is 2. The van der Waals surface area contributed by atoms with Crippen molar-refractivity contribution >= 4 is 21.8 Å². The maximum atomic E-state index is 5.89. The van der Waals surface area contributed by atoms with E-state index in [-0.39, 0.29) is 12.7 Å². The van der Waals surface area contributed by atoms with Gasteiger partial charge in [-0.1, -0.05) is 103 Å². The third-order valence-electron chi connectivity index (χ3n) is 7.92. The molecule has 0 fully saturated rings. The maximum absolute atomic E-state index is 5.89. The van der Waals surface area contributed by atoms with Crippen LogP contribution in [0.1, 0.15) is 22.6 Å². The Balaban J connectivity index is 1.51. The van der Waals surface area contributed by atoms with E-state index in [1.54, 1.807) is 0 Å². The number of hydrogen-bond donors (Lipinski definition) is 2. The van der Waals surface area contributed by atoms with Crippen LogP contribution < -0.4 is 9.47 Å². The van der Waals surface area contributed by atoms with Gasteiger partial charge in [-0.2, -0.15) is 0 Å². The fourth-order valence-corrected chi connectivity index (χ4v) is 6.16. The second-order valence-electron chi connectivity index (χ2n) is 10.2. The molecule has 3 heterocycles. The number of fused-ring (bicyclic) bond motifs is 3. The summed E-state index contributed by atoms with van der Waals surface area (Å²) in [6.45, 7) is 0.244. The molecule has 4 nitrogen and oxygen atoms in total. The van der Waals surface area contributed by atoms with Gasteiger partial charge in [0.1, 0.15) is 0 Å². The van der Waals surface area contributed by atoms with Crippen molar-refractivity contribution in [3.63, 3.8) is 0 Å². The number of rotatable bonds is 5. The van der Waals surface area contributed by atoms with Crippen LogP contribution in [-0.2, 0) is 0 Å². The number of nitrogens with one attached hydrogen (secondary N) is 2. The SMILES string of the molecule is c1ccc(-c2[nH]c3ccccc3c2C(c2ccc3c(c2)OCO3)c2c(-c3ccccc3)[nH]c3ccccc23)cc1. The molecule has 1 aliphatic rings.